The van der Waals surface area contributed by atoms with Crippen LogP contribution in [0.1, 0.15) is 74.6 Å². The third-order valence-electron chi connectivity index (χ3n) is 6.30. The van der Waals surface area contributed by atoms with Crippen LogP contribution in [0.3, 0.4) is 0 Å². The zero-order valence-corrected chi connectivity index (χ0v) is 20.9. The molecule has 1 aliphatic carbocycles. The normalized spacial score (nSPS) is 20.9. The van der Waals surface area contributed by atoms with Crippen LogP contribution in [-0.4, -0.2) is 9.97 Å². The fraction of sp³-hybridized carbons (Fsp3) is 0.375. The van der Waals surface area contributed by atoms with E-state index in [2.05, 4.69) is 9.97 Å². The number of rotatable bonds is 5. The van der Waals surface area contributed by atoms with E-state index in [1.54, 1.807) is 18.3 Å². The zero-order valence-electron chi connectivity index (χ0n) is 27.9. The Bertz CT molecular complexity index is 1720. The minimum absolute atomic E-state index is 0.0355. The van der Waals surface area contributed by atoms with Gasteiger partial charge >= 0.3 is 0 Å². The molecule has 5 rings (SSSR count). The minimum atomic E-state index is -2.35. The van der Waals surface area contributed by atoms with Gasteiger partial charge in [-0.05, 0) is 78.7 Å². The first kappa shape index (κ1) is 16.5. The molecule has 0 amide bonds. The average Bonchev–Trinajstić information content (AvgIpc) is 3.30. The highest BCUT2D eigenvalue weighted by Crippen LogP contribution is 2.38. The lowest BCUT2D eigenvalue weighted by atomic mass is 9.76. The topological polar surface area (TPSA) is 38.9 Å². The van der Waals surface area contributed by atoms with Crippen LogP contribution in [0, 0.1) is 18.2 Å². The maximum absolute atomic E-state index is 9.22. The molecule has 1 aromatic carbocycles. The number of fused-ring (bicyclic) bond motifs is 3. The van der Waals surface area contributed by atoms with Crippen molar-refractivity contribution in [2.24, 2.45) is 11.3 Å². The summed E-state index contributed by atoms with van der Waals surface area (Å²) in [6.45, 7) is 7.05. The second kappa shape index (κ2) is 8.78. The molecule has 0 saturated carbocycles. The Morgan fingerprint density at radius 3 is 2.69 bits per heavy atom. The summed E-state index contributed by atoms with van der Waals surface area (Å²) in [5, 5.41) is 1.49. The van der Waals surface area contributed by atoms with E-state index in [-0.39, 0.29) is 17.3 Å². The molecule has 0 bridgehead atoms. The van der Waals surface area contributed by atoms with Crippen molar-refractivity contribution in [3.05, 3.63) is 83.7 Å². The Balaban J connectivity index is 1.51. The van der Waals surface area contributed by atoms with Gasteiger partial charge in [-0.2, -0.15) is 0 Å². The predicted molar refractivity (Wildman–Crippen MR) is 147 cm³/mol. The molecular formula is C32H36N2O. The lowest BCUT2D eigenvalue weighted by molar-refractivity contribution is 0.325. The van der Waals surface area contributed by atoms with E-state index in [9.17, 15) is 2.74 Å². The van der Waals surface area contributed by atoms with Crippen molar-refractivity contribution in [1.29, 1.82) is 0 Å². The molecule has 0 spiro atoms. The molecule has 0 radical (unpaired) electrons. The van der Waals surface area contributed by atoms with Crippen molar-refractivity contribution >= 4 is 22.1 Å². The van der Waals surface area contributed by atoms with Gasteiger partial charge in [-0.25, -0.2) is 4.98 Å². The fourth-order valence-corrected chi connectivity index (χ4v) is 4.66. The first-order chi connectivity index (χ1) is 19.4. The molecule has 3 nitrogen and oxygen atoms in total. The molecule has 0 fully saturated rings. The van der Waals surface area contributed by atoms with Gasteiger partial charge in [0, 0.05) is 37.8 Å². The number of benzene rings is 1. The molecule has 1 unspecified atom stereocenters. The molecule has 35 heavy (non-hydrogen) atoms. The van der Waals surface area contributed by atoms with E-state index in [4.69, 9.17) is 11.3 Å². The Labute approximate surface area is 218 Å². The number of aromatic nitrogens is 2. The van der Waals surface area contributed by atoms with E-state index >= 15 is 0 Å². The number of hydrogen-bond acceptors (Lipinski definition) is 3. The van der Waals surface area contributed by atoms with Crippen LogP contribution in [-0.2, 0) is 5.41 Å². The number of allylic oxidation sites excluding steroid dienone is 4. The summed E-state index contributed by atoms with van der Waals surface area (Å²) in [5.41, 5.74) is 1.80. The minimum Gasteiger partial charge on any atom is -0.437 e. The molecule has 3 aromatic heterocycles. The molecule has 180 valence electrons. The molecule has 0 saturated heterocycles. The summed E-state index contributed by atoms with van der Waals surface area (Å²) in [5.74, 6) is -0.331. The highest BCUT2D eigenvalue weighted by molar-refractivity contribution is 6.08. The van der Waals surface area contributed by atoms with Gasteiger partial charge in [-0.15, -0.1) is 0 Å². The second-order valence-corrected chi connectivity index (χ2v) is 10.8. The molecule has 0 N–H and O–H groups in total. The van der Waals surface area contributed by atoms with Gasteiger partial charge in [0.2, 0.25) is 5.71 Å². The Morgan fingerprint density at radius 2 is 1.94 bits per heavy atom. The van der Waals surface area contributed by atoms with Gasteiger partial charge in [0.05, 0.1) is 5.69 Å². The number of nitrogens with zero attached hydrogens (tertiary/aromatic N) is 2. The lowest BCUT2D eigenvalue weighted by Crippen LogP contribution is -2.19. The molecule has 0 aliphatic heterocycles. The number of hydrogen-bond donors (Lipinski definition) is 0. The van der Waals surface area contributed by atoms with E-state index in [0.717, 1.165) is 10.9 Å². The van der Waals surface area contributed by atoms with Crippen LogP contribution in [0.15, 0.2) is 76.9 Å². The largest absolute Gasteiger partial charge is 0.437 e. The van der Waals surface area contributed by atoms with Crippen molar-refractivity contribution in [3.63, 3.8) is 0 Å². The van der Waals surface area contributed by atoms with Gasteiger partial charge in [0.25, 0.3) is 0 Å². The number of aryl methyl sites for hydroxylation is 1. The molecule has 1 aliphatic rings. The summed E-state index contributed by atoms with van der Waals surface area (Å²) >= 11 is 0. The first-order valence-corrected chi connectivity index (χ1v) is 12.0. The monoisotopic (exact) mass is 471 g/mol. The molecule has 4 aromatic rings. The fourth-order valence-electron chi connectivity index (χ4n) is 4.66. The van der Waals surface area contributed by atoms with Crippen molar-refractivity contribution in [2.75, 3.05) is 0 Å². The highest BCUT2D eigenvalue weighted by Gasteiger charge is 2.25. The van der Waals surface area contributed by atoms with E-state index in [0.29, 0.717) is 34.2 Å². The van der Waals surface area contributed by atoms with Crippen LogP contribution < -0.4 is 0 Å². The van der Waals surface area contributed by atoms with Gasteiger partial charge in [-0.3, -0.25) is 4.98 Å². The van der Waals surface area contributed by atoms with E-state index < -0.39 is 30.4 Å². The first-order valence-electron chi connectivity index (χ1n) is 15.5. The second-order valence-electron chi connectivity index (χ2n) is 10.8. The standard InChI is InChI=1S/C32H36N2O/c1-21-10-15-26-25-8-7-9-27(29(25)35-30(26)34-21)28-18-24(16-17-33-28)32(5,6)20-23-13-11-22(12-14-23)19-31(2,3)4/h7-11,13-18,22H,12,19-20H2,1-6H3/i1D3,19D2,20D2. The highest BCUT2D eigenvalue weighted by atomic mass is 16.3. The predicted octanol–water partition coefficient (Wildman–Crippen LogP) is 8.96. The molecule has 3 heteroatoms. The molecule has 3 heterocycles. The maximum atomic E-state index is 9.22. The van der Waals surface area contributed by atoms with Crippen LogP contribution in [0.25, 0.3) is 33.3 Å². The van der Waals surface area contributed by atoms with Gasteiger partial charge in [0.15, 0.2) is 0 Å². The Morgan fingerprint density at radius 1 is 1.09 bits per heavy atom. The smallest absolute Gasteiger partial charge is 0.227 e. The van der Waals surface area contributed by atoms with E-state index in [1.807, 2.05) is 77.1 Å². The zero-order chi connectivity index (χ0) is 30.9. The number of para-hydroxylation sites is 1. The lowest BCUT2D eigenvalue weighted by Gasteiger charge is -2.29. The van der Waals surface area contributed by atoms with Gasteiger partial charge in [0.1, 0.15) is 5.58 Å². The van der Waals surface area contributed by atoms with Crippen LogP contribution in [0.4, 0.5) is 0 Å². The van der Waals surface area contributed by atoms with Crippen LogP contribution in [0.5, 0.6) is 0 Å². The number of furan rings is 1. The summed E-state index contributed by atoms with van der Waals surface area (Å²) in [7, 11) is 0. The van der Waals surface area contributed by atoms with Crippen LogP contribution in [0.2, 0.25) is 0 Å². The van der Waals surface area contributed by atoms with Crippen molar-refractivity contribution < 1.29 is 14.0 Å². The maximum Gasteiger partial charge on any atom is 0.227 e. The SMILES string of the molecule is [2H]C([2H])([2H])c1ccc2c(n1)oc1c(-c3cc(C(C)(C)C([2H])([2H])C4=CCC(C([2H])([2H])C(C)(C)C)C=C4)ccn3)cccc12. The third kappa shape index (κ3) is 4.96. The van der Waals surface area contributed by atoms with Gasteiger partial charge in [-0.1, -0.05) is 70.6 Å². The van der Waals surface area contributed by atoms with Crippen molar-refractivity contribution in [1.82, 2.24) is 9.97 Å². The summed E-state index contributed by atoms with van der Waals surface area (Å²) in [6, 6.07) is 12.5. The Hall–Kier alpha value is -3.20. The third-order valence-corrected chi connectivity index (χ3v) is 6.30. The van der Waals surface area contributed by atoms with Crippen LogP contribution >= 0.6 is 0 Å². The summed E-state index contributed by atoms with van der Waals surface area (Å²) in [6.07, 6.45) is 4.30. The summed E-state index contributed by atoms with van der Waals surface area (Å²) in [4.78, 5) is 8.85. The molecular weight excluding hydrogens is 428 g/mol. The van der Waals surface area contributed by atoms with Gasteiger partial charge < -0.3 is 4.42 Å². The van der Waals surface area contributed by atoms with Crippen molar-refractivity contribution in [2.45, 2.75) is 66.1 Å². The summed E-state index contributed by atoms with van der Waals surface area (Å²) < 4.78 is 64.9. The quantitative estimate of drug-likeness (QED) is 0.291. The number of pyridine rings is 2. The Kier molecular flexibility index (Phi) is 4.13. The van der Waals surface area contributed by atoms with Crippen molar-refractivity contribution in [3.8, 4) is 11.3 Å². The van der Waals surface area contributed by atoms with E-state index in [1.165, 1.54) is 6.07 Å². The molecule has 1 atom stereocenters. The average molecular weight is 472 g/mol.